The maximum atomic E-state index is 13.2. The van der Waals surface area contributed by atoms with E-state index in [2.05, 4.69) is 44.0 Å². The molecule has 0 atom stereocenters. The van der Waals surface area contributed by atoms with Gasteiger partial charge in [0.15, 0.2) is 0 Å². The Morgan fingerprint density at radius 1 is 1.00 bits per heavy atom. The molecule has 6 heteroatoms. The van der Waals surface area contributed by atoms with Crippen molar-refractivity contribution in [3.8, 4) is 0 Å². The monoisotopic (exact) mass is 443 g/mol. The van der Waals surface area contributed by atoms with Crippen LogP contribution in [0.15, 0.2) is 54.1 Å². The van der Waals surface area contributed by atoms with Crippen LogP contribution in [0.3, 0.4) is 0 Å². The van der Waals surface area contributed by atoms with Crippen molar-refractivity contribution < 1.29 is 14.4 Å². The van der Waals surface area contributed by atoms with Gasteiger partial charge in [0, 0.05) is 17.8 Å². The summed E-state index contributed by atoms with van der Waals surface area (Å²) in [5.41, 5.74) is 5.16. The number of hydrogen-bond donors (Lipinski definition) is 1. The Bertz CT molecular complexity index is 1220. The predicted octanol–water partition coefficient (Wildman–Crippen LogP) is 5.07. The zero-order valence-electron chi connectivity index (χ0n) is 19.7. The Morgan fingerprint density at radius 3 is 2.42 bits per heavy atom. The van der Waals surface area contributed by atoms with Crippen molar-refractivity contribution in [2.45, 2.75) is 46.6 Å². The zero-order valence-corrected chi connectivity index (χ0v) is 19.7. The molecule has 2 aliphatic rings. The van der Waals surface area contributed by atoms with Crippen LogP contribution in [0.5, 0.6) is 0 Å². The largest absolute Gasteiger partial charge is 0.362 e. The van der Waals surface area contributed by atoms with E-state index in [0.717, 1.165) is 45.8 Å². The lowest BCUT2D eigenvalue weighted by Crippen LogP contribution is -2.54. The highest BCUT2D eigenvalue weighted by molar-refractivity contribution is 6.39. The van der Waals surface area contributed by atoms with Crippen molar-refractivity contribution >= 4 is 40.9 Å². The molecular formula is C27H29N3O3. The summed E-state index contributed by atoms with van der Waals surface area (Å²) in [6.45, 7) is 11.4. The molecule has 2 aromatic carbocycles. The second kappa shape index (κ2) is 8.35. The number of carbonyl (C=O) groups is 3. The number of barbiturate groups is 1. The number of rotatable bonds is 4. The SMILES string of the molecule is CCCN1c2ccc(/C=C3/C(=O)NC(=O)N(c4ccccc4C)C3=O)cc2C(C)=CC1(C)C. The fourth-order valence-corrected chi connectivity index (χ4v) is 4.68. The summed E-state index contributed by atoms with van der Waals surface area (Å²) in [6.07, 6.45) is 4.84. The molecule has 1 N–H and O–H groups in total. The summed E-state index contributed by atoms with van der Waals surface area (Å²) in [4.78, 5) is 41.7. The van der Waals surface area contributed by atoms with Gasteiger partial charge in [0.05, 0.1) is 11.2 Å². The van der Waals surface area contributed by atoms with E-state index >= 15 is 0 Å². The van der Waals surface area contributed by atoms with Crippen molar-refractivity contribution in [2.75, 3.05) is 16.3 Å². The molecule has 2 aromatic rings. The number of benzene rings is 2. The molecule has 4 amide bonds. The van der Waals surface area contributed by atoms with Gasteiger partial charge >= 0.3 is 6.03 Å². The number of para-hydroxylation sites is 1. The Kier molecular flexibility index (Phi) is 5.70. The molecule has 0 aromatic heterocycles. The lowest BCUT2D eigenvalue weighted by Gasteiger charge is -2.43. The van der Waals surface area contributed by atoms with Gasteiger partial charge in [-0.05, 0) is 75.1 Å². The van der Waals surface area contributed by atoms with E-state index in [1.165, 1.54) is 0 Å². The first kappa shape index (κ1) is 22.5. The standard InChI is InChI=1S/C27H29N3O3/c1-6-13-29-23-12-11-19(14-20(23)18(3)16-27(29,4)5)15-21-24(31)28-26(33)30(25(21)32)22-10-8-7-9-17(22)2/h7-12,14-16H,6,13H2,1-5H3,(H,28,31,33)/b21-15-. The number of nitrogens with one attached hydrogen (secondary N) is 1. The highest BCUT2D eigenvalue weighted by Gasteiger charge is 2.37. The summed E-state index contributed by atoms with van der Waals surface area (Å²) in [7, 11) is 0. The van der Waals surface area contributed by atoms with Crippen molar-refractivity contribution in [3.63, 3.8) is 0 Å². The van der Waals surface area contributed by atoms with Crippen LogP contribution in [0.4, 0.5) is 16.2 Å². The lowest BCUT2D eigenvalue weighted by atomic mass is 9.87. The number of fused-ring (bicyclic) bond motifs is 1. The van der Waals surface area contributed by atoms with Crippen LogP contribution in [-0.4, -0.2) is 29.9 Å². The first-order valence-electron chi connectivity index (χ1n) is 11.2. The molecule has 6 nitrogen and oxygen atoms in total. The molecule has 0 radical (unpaired) electrons. The van der Waals surface area contributed by atoms with Crippen LogP contribution in [0, 0.1) is 6.92 Å². The topological polar surface area (TPSA) is 69.7 Å². The Hall–Kier alpha value is -3.67. The van der Waals surface area contributed by atoms with Crippen molar-refractivity contribution in [3.05, 3.63) is 70.8 Å². The fraction of sp³-hybridized carbons (Fsp3) is 0.296. The molecule has 2 aliphatic heterocycles. The van der Waals surface area contributed by atoms with Gasteiger partial charge in [-0.25, -0.2) is 9.69 Å². The van der Waals surface area contributed by atoms with E-state index in [-0.39, 0.29) is 11.1 Å². The second-order valence-electron chi connectivity index (χ2n) is 9.15. The molecule has 0 spiro atoms. The Balaban J connectivity index is 1.75. The van der Waals surface area contributed by atoms with Gasteiger partial charge in [0.2, 0.25) is 0 Å². The molecule has 33 heavy (non-hydrogen) atoms. The Morgan fingerprint density at radius 2 is 1.73 bits per heavy atom. The number of carbonyl (C=O) groups excluding carboxylic acids is 3. The fourth-order valence-electron chi connectivity index (χ4n) is 4.68. The number of aryl methyl sites for hydroxylation is 1. The predicted molar refractivity (Wildman–Crippen MR) is 132 cm³/mol. The smallest absolute Gasteiger partial charge is 0.335 e. The van der Waals surface area contributed by atoms with Crippen molar-refractivity contribution in [1.82, 2.24) is 5.32 Å². The van der Waals surface area contributed by atoms with Gasteiger partial charge in [-0.2, -0.15) is 0 Å². The third-order valence-corrected chi connectivity index (χ3v) is 6.22. The summed E-state index contributed by atoms with van der Waals surface area (Å²) >= 11 is 0. The van der Waals surface area contributed by atoms with Crippen molar-refractivity contribution in [2.24, 2.45) is 0 Å². The molecule has 4 rings (SSSR count). The first-order valence-corrected chi connectivity index (χ1v) is 11.2. The number of hydrogen-bond acceptors (Lipinski definition) is 4. The molecule has 2 heterocycles. The minimum absolute atomic E-state index is 0.0685. The molecular weight excluding hydrogens is 414 g/mol. The van der Waals surface area contributed by atoms with E-state index in [0.29, 0.717) is 5.69 Å². The number of nitrogens with zero attached hydrogens (tertiary/aromatic N) is 2. The molecule has 0 aliphatic carbocycles. The van der Waals surface area contributed by atoms with E-state index in [1.807, 2.05) is 37.3 Å². The van der Waals surface area contributed by atoms with E-state index in [9.17, 15) is 14.4 Å². The maximum absolute atomic E-state index is 13.2. The van der Waals surface area contributed by atoms with E-state index in [4.69, 9.17) is 0 Å². The van der Waals surface area contributed by atoms with Crippen LogP contribution < -0.4 is 15.1 Å². The van der Waals surface area contributed by atoms with Gasteiger partial charge in [-0.1, -0.05) is 37.3 Å². The van der Waals surface area contributed by atoms with Crippen LogP contribution in [0.1, 0.15) is 50.8 Å². The van der Waals surface area contributed by atoms with Gasteiger partial charge in [0.1, 0.15) is 5.57 Å². The maximum Gasteiger partial charge on any atom is 0.335 e. The summed E-state index contributed by atoms with van der Waals surface area (Å²) in [6, 6.07) is 12.3. The van der Waals surface area contributed by atoms with Gasteiger partial charge < -0.3 is 4.90 Å². The molecule has 0 unspecified atom stereocenters. The van der Waals surface area contributed by atoms with Crippen LogP contribution >= 0.6 is 0 Å². The second-order valence-corrected chi connectivity index (χ2v) is 9.15. The molecule has 0 bridgehead atoms. The van der Waals surface area contributed by atoms with Crippen LogP contribution in [0.25, 0.3) is 11.6 Å². The first-order chi connectivity index (χ1) is 15.6. The zero-order chi connectivity index (χ0) is 23.9. The number of imide groups is 2. The third kappa shape index (κ3) is 3.97. The van der Waals surface area contributed by atoms with Crippen LogP contribution in [0.2, 0.25) is 0 Å². The highest BCUT2D eigenvalue weighted by Crippen LogP contribution is 2.39. The minimum atomic E-state index is -0.738. The van der Waals surface area contributed by atoms with Gasteiger partial charge in [-0.15, -0.1) is 0 Å². The van der Waals surface area contributed by atoms with Crippen LogP contribution in [-0.2, 0) is 9.59 Å². The lowest BCUT2D eigenvalue weighted by molar-refractivity contribution is -0.122. The molecule has 170 valence electrons. The summed E-state index contributed by atoms with van der Waals surface area (Å²) in [5.74, 6) is -1.31. The average molecular weight is 444 g/mol. The third-order valence-electron chi connectivity index (χ3n) is 6.22. The number of urea groups is 1. The molecule has 1 saturated heterocycles. The molecule has 0 saturated carbocycles. The summed E-state index contributed by atoms with van der Waals surface area (Å²) < 4.78 is 0. The van der Waals surface area contributed by atoms with E-state index in [1.54, 1.807) is 18.2 Å². The Labute approximate surface area is 194 Å². The number of anilines is 2. The van der Waals surface area contributed by atoms with Gasteiger partial charge in [0.25, 0.3) is 11.8 Å². The quantitative estimate of drug-likeness (QED) is 0.529. The number of amides is 4. The number of allylic oxidation sites excluding steroid dienone is 1. The van der Waals surface area contributed by atoms with E-state index < -0.39 is 17.8 Å². The highest BCUT2D eigenvalue weighted by atomic mass is 16.2. The minimum Gasteiger partial charge on any atom is -0.362 e. The van der Waals surface area contributed by atoms with Gasteiger partial charge in [-0.3, -0.25) is 14.9 Å². The average Bonchev–Trinajstić information content (AvgIpc) is 2.75. The van der Waals surface area contributed by atoms with Crippen molar-refractivity contribution in [1.29, 1.82) is 0 Å². The summed E-state index contributed by atoms with van der Waals surface area (Å²) in [5, 5.41) is 2.30. The normalized spacial score (nSPS) is 18.9. The molecule has 1 fully saturated rings.